The summed E-state index contributed by atoms with van der Waals surface area (Å²) in [6, 6.07) is 14.4. The van der Waals surface area contributed by atoms with E-state index in [1.165, 1.54) is 25.3 Å². The molecule has 1 N–H and O–H groups in total. The maximum absolute atomic E-state index is 12.3. The van der Waals surface area contributed by atoms with E-state index in [0.29, 0.717) is 6.54 Å². The van der Waals surface area contributed by atoms with Crippen LogP contribution < -0.4 is 9.62 Å². The van der Waals surface area contributed by atoms with Gasteiger partial charge in [0.05, 0.1) is 4.90 Å². The second-order valence-electron chi connectivity index (χ2n) is 6.37. The number of benzene rings is 2. The van der Waals surface area contributed by atoms with Gasteiger partial charge in [-0.3, -0.25) is 4.79 Å². The Balaban J connectivity index is 1.99. The lowest BCUT2D eigenvalue weighted by Gasteiger charge is -2.17. The molecule has 0 aliphatic heterocycles. The molecular formula is C20H25N3O3S. The molecule has 0 aromatic heterocycles. The lowest BCUT2D eigenvalue weighted by atomic mass is 10.2. The number of rotatable bonds is 7. The zero-order chi connectivity index (χ0) is 20.0. The van der Waals surface area contributed by atoms with Crippen molar-refractivity contribution in [2.24, 2.45) is 0 Å². The fraction of sp³-hybridized carbons (Fsp3) is 0.250. The first-order valence-electron chi connectivity index (χ1n) is 8.46. The maximum atomic E-state index is 12.3. The van der Waals surface area contributed by atoms with Crippen molar-refractivity contribution in [2.45, 2.75) is 11.4 Å². The van der Waals surface area contributed by atoms with E-state index in [2.05, 4.69) is 4.72 Å². The van der Waals surface area contributed by atoms with E-state index < -0.39 is 10.0 Å². The highest BCUT2D eigenvalue weighted by Gasteiger charge is 2.10. The number of carbonyl (C=O) groups is 1. The van der Waals surface area contributed by atoms with Gasteiger partial charge in [0.1, 0.15) is 0 Å². The third-order valence-electron chi connectivity index (χ3n) is 4.13. The van der Waals surface area contributed by atoms with Gasteiger partial charge in [-0.15, -0.1) is 0 Å². The van der Waals surface area contributed by atoms with Gasteiger partial charge in [-0.1, -0.05) is 24.3 Å². The number of sulfonamides is 1. The zero-order valence-corrected chi connectivity index (χ0v) is 16.8. The van der Waals surface area contributed by atoms with Gasteiger partial charge in [-0.05, 0) is 48.5 Å². The van der Waals surface area contributed by atoms with Crippen LogP contribution in [0.15, 0.2) is 59.5 Å². The molecule has 1 amide bonds. The first-order valence-corrected chi connectivity index (χ1v) is 9.94. The lowest BCUT2D eigenvalue weighted by Crippen LogP contribution is -2.24. The Morgan fingerprint density at radius 3 is 2.11 bits per heavy atom. The fourth-order valence-electron chi connectivity index (χ4n) is 2.42. The molecule has 144 valence electrons. The molecule has 27 heavy (non-hydrogen) atoms. The molecule has 2 rings (SSSR count). The molecule has 0 unspecified atom stereocenters. The van der Waals surface area contributed by atoms with Crippen LogP contribution in [0.1, 0.15) is 11.1 Å². The molecule has 0 spiro atoms. The van der Waals surface area contributed by atoms with Crippen LogP contribution in [0.5, 0.6) is 0 Å². The molecule has 0 atom stereocenters. The van der Waals surface area contributed by atoms with E-state index in [1.807, 2.05) is 43.3 Å². The standard InChI is InChI=1S/C20H25N3O3S/c1-21-27(25,26)19-12-7-16(8-13-19)9-14-20(24)23(4)15-17-5-10-18(11-6-17)22(2)3/h5-14,21H,15H2,1-4H3/b14-9+. The monoisotopic (exact) mass is 387 g/mol. The molecule has 7 heteroatoms. The number of amides is 1. The third kappa shape index (κ3) is 5.67. The van der Waals surface area contributed by atoms with Crippen LogP contribution >= 0.6 is 0 Å². The van der Waals surface area contributed by atoms with Crippen LogP contribution in [-0.4, -0.2) is 47.4 Å². The lowest BCUT2D eigenvalue weighted by molar-refractivity contribution is -0.125. The minimum atomic E-state index is -3.46. The molecule has 0 saturated carbocycles. The predicted molar refractivity (Wildman–Crippen MR) is 109 cm³/mol. The molecule has 6 nitrogen and oxygen atoms in total. The highest BCUT2D eigenvalue weighted by Crippen LogP contribution is 2.14. The number of anilines is 1. The second kappa shape index (κ2) is 8.83. The fourth-order valence-corrected chi connectivity index (χ4v) is 3.15. The van der Waals surface area contributed by atoms with Crippen molar-refractivity contribution in [3.63, 3.8) is 0 Å². The smallest absolute Gasteiger partial charge is 0.246 e. The summed E-state index contributed by atoms with van der Waals surface area (Å²) in [5.41, 5.74) is 2.91. The molecule has 0 aliphatic carbocycles. The summed E-state index contributed by atoms with van der Waals surface area (Å²) in [4.78, 5) is 16.1. The van der Waals surface area contributed by atoms with Gasteiger partial charge in [0.25, 0.3) is 0 Å². The normalized spacial score (nSPS) is 11.6. The van der Waals surface area contributed by atoms with Crippen LogP contribution in [0.3, 0.4) is 0 Å². The van der Waals surface area contributed by atoms with Crippen molar-refractivity contribution in [2.75, 3.05) is 33.1 Å². The van der Waals surface area contributed by atoms with E-state index >= 15 is 0 Å². The Hall–Kier alpha value is -2.64. The summed E-state index contributed by atoms with van der Waals surface area (Å²) in [6.45, 7) is 0.510. The van der Waals surface area contributed by atoms with E-state index in [1.54, 1.807) is 30.2 Å². The Morgan fingerprint density at radius 1 is 1.00 bits per heavy atom. The summed E-state index contributed by atoms with van der Waals surface area (Å²) in [5.74, 6) is -0.126. The minimum absolute atomic E-state index is 0.126. The molecular weight excluding hydrogens is 362 g/mol. The zero-order valence-electron chi connectivity index (χ0n) is 16.0. The van der Waals surface area contributed by atoms with Crippen molar-refractivity contribution in [3.8, 4) is 0 Å². The first kappa shape index (κ1) is 20.7. The van der Waals surface area contributed by atoms with E-state index in [9.17, 15) is 13.2 Å². The molecule has 2 aromatic rings. The average Bonchev–Trinajstić information content (AvgIpc) is 2.66. The first-order chi connectivity index (χ1) is 12.7. The number of carbonyl (C=O) groups excluding carboxylic acids is 1. The number of likely N-dealkylation sites (N-methyl/N-ethyl adjacent to an activating group) is 1. The topological polar surface area (TPSA) is 69.7 Å². The minimum Gasteiger partial charge on any atom is -0.378 e. The van der Waals surface area contributed by atoms with Crippen LogP contribution in [0.25, 0.3) is 6.08 Å². The van der Waals surface area contributed by atoms with Gasteiger partial charge < -0.3 is 9.80 Å². The quantitative estimate of drug-likeness (QED) is 0.741. The van der Waals surface area contributed by atoms with Crippen LogP contribution in [0.4, 0.5) is 5.69 Å². The SMILES string of the molecule is CNS(=O)(=O)c1ccc(/C=C/C(=O)N(C)Cc2ccc(N(C)C)cc2)cc1. The van der Waals surface area contributed by atoms with Gasteiger partial charge in [0, 0.05) is 39.5 Å². The highest BCUT2D eigenvalue weighted by molar-refractivity contribution is 7.89. The largest absolute Gasteiger partial charge is 0.378 e. The summed E-state index contributed by atoms with van der Waals surface area (Å²) < 4.78 is 25.7. The summed E-state index contributed by atoms with van der Waals surface area (Å²) in [5, 5.41) is 0. The molecule has 0 aliphatic rings. The van der Waals surface area contributed by atoms with Crippen LogP contribution in [-0.2, 0) is 21.4 Å². The molecule has 0 bridgehead atoms. The van der Waals surface area contributed by atoms with E-state index in [0.717, 1.165) is 16.8 Å². The molecule has 0 fully saturated rings. The van der Waals surface area contributed by atoms with Crippen LogP contribution in [0, 0.1) is 0 Å². The van der Waals surface area contributed by atoms with Crippen molar-refractivity contribution >= 4 is 27.7 Å². The van der Waals surface area contributed by atoms with Gasteiger partial charge in [0.2, 0.25) is 15.9 Å². The second-order valence-corrected chi connectivity index (χ2v) is 8.25. The van der Waals surface area contributed by atoms with E-state index in [-0.39, 0.29) is 10.8 Å². The maximum Gasteiger partial charge on any atom is 0.246 e. The highest BCUT2D eigenvalue weighted by atomic mass is 32.2. The molecule has 0 heterocycles. The van der Waals surface area contributed by atoms with Gasteiger partial charge in [-0.2, -0.15) is 0 Å². The van der Waals surface area contributed by atoms with E-state index in [4.69, 9.17) is 0 Å². The number of nitrogens with one attached hydrogen (secondary N) is 1. The molecule has 0 saturated heterocycles. The van der Waals surface area contributed by atoms with Gasteiger partial charge >= 0.3 is 0 Å². The number of nitrogens with zero attached hydrogens (tertiary/aromatic N) is 2. The van der Waals surface area contributed by atoms with Crippen molar-refractivity contribution < 1.29 is 13.2 Å². The van der Waals surface area contributed by atoms with Crippen LogP contribution in [0.2, 0.25) is 0 Å². The van der Waals surface area contributed by atoms with Gasteiger partial charge in [0.15, 0.2) is 0 Å². The Kier molecular flexibility index (Phi) is 6.76. The summed E-state index contributed by atoms with van der Waals surface area (Å²) in [6.07, 6.45) is 3.15. The third-order valence-corrected chi connectivity index (χ3v) is 5.56. The Morgan fingerprint density at radius 2 is 1.59 bits per heavy atom. The predicted octanol–water partition coefficient (Wildman–Crippen LogP) is 2.33. The number of hydrogen-bond donors (Lipinski definition) is 1. The van der Waals surface area contributed by atoms with Crippen molar-refractivity contribution in [1.29, 1.82) is 0 Å². The average molecular weight is 388 g/mol. The summed E-state index contributed by atoms with van der Waals surface area (Å²) >= 11 is 0. The Labute approximate surface area is 161 Å². The molecule has 0 radical (unpaired) electrons. The Bertz CT molecular complexity index is 902. The summed E-state index contributed by atoms with van der Waals surface area (Å²) in [7, 11) is 3.62. The number of hydrogen-bond acceptors (Lipinski definition) is 4. The van der Waals surface area contributed by atoms with Gasteiger partial charge in [-0.25, -0.2) is 13.1 Å². The molecule has 2 aromatic carbocycles. The van der Waals surface area contributed by atoms with Crippen molar-refractivity contribution in [3.05, 3.63) is 65.7 Å². The van der Waals surface area contributed by atoms with Crippen molar-refractivity contribution in [1.82, 2.24) is 9.62 Å².